The van der Waals surface area contributed by atoms with Crippen LogP contribution in [0.2, 0.25) is 0 Å². The number of hydrogen-bond donors (Lipinski definition) is 0. The molecule has 0 N–H and O–H groups in total. The molecule has 0 spiro atoms. The molecule has 0 unspecified atom stereocenters. The smallest absolute Gasteiger partial charge is 0.241 e. The Bertz CT molecular complexity index is 824. The van der Waals surface area contributed by atoms with Crippen LogP contribution >= 0.6 is 11.3 Å². The van der Waals surface area contributed by atoms with Crippen molar-refractivity contribution < 1.29 is 17.7 Å². The summed E-state index contributed by atoms with van der Waals surface area (Å²) in [6, 6.07) is 9.29. The first-order chi connectivity index (χ1) is 10.9. The Kier molecular flexibility index (Phi) is 4.17. The van der Waals surface area contributed by atoms with Crippen molar-refractivity contribution in [3.05, 3.63) is 70.3 Å². The minimum absolute atomic E-state index is 0.396. The highest BCUT2D eigenvalue weighted by Crippen LogP contribution is 2.30. The third kappa shape index (κ3) is 3.76. The molecule has 23 heavy (non-hydrogen) atoms. The number of halogens is 3. The number of benzene rings is 1. The van der Waals surface area contributed by atoms with Gasteiger partial charge in [-0.05, 0) is 17.7 Å². The second-order valence-electron chi connectivity index (χ2n) is 5.26. The zero-order valence-corrected chi connectivity index (χ0v) is 13.2. The van der Waals surface area contributed by atoms with Gasteiger partial charge in [-0.15, -0.1) is 11.3 Å². The summed E-state index contributed by atoms with van der Waals surface area (Å²) in [4.78, 5) is 4.53. The minimum Gasteiger partial charge on any atom is -0.241 e. The van der Waals surface area contributed by atoms with Crippen LogP contribution in [0.3, 0.4) is 0 Å². The molecule has 0 aliphatic rings. The van der Waals surface area contributed by atoms with Crippen molar-refractivity contribution in [3.63, 3.8) is 0 Å². The highest BCUT2D eigenvalue weighted by molar-refractivity contribution is 7.10. The van der Waals surface area contributed by atoms with E-state index in [4.69, 9.17) is 0 Å². The monoisotopic (exact) mass is 335 g/mol. The molecule has 118 valence electrons. The number of aromatic nitrogens is 2. The Morgan fingerprint density at radius 3 is 2.74 bits per heavy atom. The Balaban J connectivity index is 1.82. The molecular formula is C17H14F3N2S+. The average Bonchev–Trinajstić information content (AvgIpc) is 2.95. The molecule has 0 aliphatic carbocycles. The third-order valence-corrected chi connectivity index (χ3v) is 4.25. The first-order valence-corrected chi connectivity index (χ1v) is 7.86. The molecule has 0 atom stereocenters. The zero-order valence-electron chi connectivity index (χ0n) is 12.3. The van der Waals surface area contributed by atoms with Crippen LogP contribution in [-0.4, -0.2) is 4.98 Å². The van der Waals surface area contributed by atoms with Gasteiger partial charge in [0.2, 0.25) is 0 Å². The molecule has 0 radical (unpaired) electrons. The molecule has 2 aromatic heterocycles. The van der Waals surface area contributed by atoms with Crippen LogP contribution in [0.4, 0.5) is 13.2 Å². The van der Waals surface area contributed by atoms with Gasteiger partial charge in [0.05, 0.1) is 21.8 Å². The summed E-state index contributed by atoms with van der Waals surface area (Å²) >= 11 is 1.46. The second-order valence-corrected chi connectivity index (χ2v) is 6.20. The Labute approximate surface area is 135 Å². The first-order valence-electron chi connectivity index (χ1n) is 6.98. The van der Waals surface area contributed by atoms with Gasteiger partial charge in [0, 0.05) is 17.9 Å². The largest absolute Gasteiger partial charge is 0.416 e. The lowest BCUT2D eigenvalue weighted by atomic mass is 10.1. The van der Waals surface area contributed by atoms with Crippen LogP contribution in [0.15, 0.2) is 54.2 Å². The van der Waals surface area contributed by atoms with Gasteiger partial charge in [-0.3, -0.25) is 0 Å². The minimum atomic E-state index is -4.32. The summed E-state index contributed by atoms with van der Waals surface area (Å²) in [5, 5.41) is 2.73. The maximum atomic E-state index is 12.8. The van der Waals surface area contributed by atoms with Crippen molar-refractivity contribution in [2.75, 3.05) is 0 Å². The zero-order chi connectivity index (χ0) is 16.4. The molecule has 3 aromatic rings. The van der Waals surface area contributed by atoms with Crippen LogP contribution in [0.25, 0.3) is 11.3 Å². The Hall–Kier alpha value is -2.21. The fourth-order valence-electron chi connectivity index (χ4n) is 2.30. The summed E-state index contributed by atoms with van der Waals surface area (Å²) in [7, 11) is 1.93. The van der Waals surface area contributed by atoms with E-state index in [1.54, 1.807) is 6.07 Å². The molecule has 0 aliphatic heterocycles. The quantitative estimate of drug-likeness (QED) is 0.654. The van der Waals surface area contributed by atoms with Crippen LogP contribution < -0.4 is 4.57 Å². The van der Waals surface area contributed by atoms with Gasteiger partial charge < -0.3 is 0 Å². The van der Waals surface area contributed by atoms with E-state index in [-0.39, 0.29) is 0 Å². The number of pyridine rings is 1. The molecule has 0 saturated carbocycles. The summed E-state index contributed by atoms with van der Waals surface area (Å²) in [6.45, 7) is 0. The van der Waals surface area contributed by atoms with Crippen LogP contribution in [-0.2, 0) is 19.6 Å². The summed E-state index contributed by atoms with van der Waals surface area (Å²) in [5.74, 6) is 0. The molecule has 6 heteroatoms. The van der Waals surface area contributed by atoms with Gasteiger partial charge in [-0.2, -0.15) is 13.2 Å². The molecule has 0 bridgehead atoms. The van der Waals surface area contributed by atoms with E-state index in [2.05, 4.69) is 4.98 Å². The van der Waals surface area contributed by atoms with E-state index in [1.807, 2.05) is 41.5 Å². The van der Waals surface area contributed by atoms with Gasteiger partial charge in [0.15, 0.2) is 12.4 Å². The molecular weight excluding hydrogens is 321 g/mol. The van der Waals surface area contributed by atoms with E-state index in [9.17, 15) is 13.2 Å². The summed E-state index contributed by atoms with van der Waals surface area (Å²) < 4.78 is 40.2. The Morgan fingerprint density at radius 2 is 2.00 bits per heavy atom. The first kappa shape index (κ1) is 15.7. The summed E-state index contributed by atoms with van der Waals surface area (Å²) in [5.41, 5.74) is 1.82. The molecule has 3 rings (SSSR count). The number of nitrogens with zero attached hydrogens (tertiary/aromatic N) is 2. The maximum absolute atomic E-state index is 12.8. The Morgan fingerprint density at radius 1 is 1.17 bits per heavy atom. The average molecular weight is 335 g/mol. The highest BCUT2D eigenvalue weighted by atomic mass is 32.1. The summed E-state index contributed by atoms with van der Waals surface area (Å²) in [6.07, 6.45) is -0.0289. The number of thiazole rings is 1. The van der Waals surface area contributed by atoms with Crippen molar-refractivity contribution in [2.24, 2.45) is 7.05 Å². The molecule has 0 fully saturated rings. The lowest BCUT2D eigenvalue weighted by molar-refractivity contribution is -0.671. The third-order valence-electron chi connectivity index (χ3n) is 3.40. The van der Waals surface area contributed by atoms with Crippen LogP contribution in [0.5, 0.6) is 0 Å². The predicted molar refractivity (Wildman–Crippen MR) is 83.0 cm³/mol. The number of alkyl halides is 3. The number of aryl methyl sites for hydroxylation is 1. The topological polar surface area (TPSA) is 16.8 Å². The second kappa shape index (κ2) is 6.12. The van der Waals surface area contributed by atoms with Gasteiger partial charge >= 0.3 is 6.18 Å². The molecule has 0 amide bonds. The molecule has 1 aromatic carbocycles. The predicted octanol–water partition coefficient (Wildman–Crippen LogP) is 4.24. The van der Waals surface area contributed by atoms with E-state index in [1.165, 1.54) is 23.5 Å². The van der Waals surface area contributed by atoms with Crippen molar-refractivity contribution in [1.82, 2.24) is 4.98 Å². The van der Waals surface area contributed by atoms with Gasteiger partial charge in [0.1, 0.15) is 7.05 Å². The SMILES string of the molecule is C[n+]1cccc(-c2csc(Cc3cccc(C(F)(F)F)c3)n2)c1. The standard InChI is InChI=1S/C17H14F3N2S/c1-22-7-3-5-13(10-22)15-11-23-16(21-15)9-12-4-2-6-14(8-12)17(18,19)20/h2-8,10-11H,9H2,1H3/q+1. The van der Waals surface area contributed by atoms with Crippen molar-refractivity contribution in [3.8, 4) is 11.3 Å². The van der Waals surface area contributed by atoms with Crippen molar-refractivity contribution in [2.45, 2.75) is 12.6 Å². The molecule has 0 saturated heterocycles. The highest BCUT2D eigenvalue weighted by Gasteiger charge is 2.30. The lowest BCUT2D eigenvalue weighted by Crippen LogP contribution is -2.26. The normalized spacial score (nSPS) is 11.7. The number of hydrogen-bond acceptors (Lipinski definition) is 2. The fourth-order valence-corrected chi connectivity index (χ4v) is 3.13. The maximum Gasteiger partial charge on any atom is 0.416 e. The van der Waals surface area contributed by atoms with E-state index in [0.29, 0.717) is 12.0 Å². The molecule has 2 heterocycles. The van der Waals surface area contributed by atoms with Gasteiger partial charge in [-0.1, -0.05) is 18.2 Å². The lowest BCUT2D eigenvalue weighted by Gasteiger charge is -2.07. The van der Waals surface area contributed by atoms with Gasteiger partial charge in [-0.25, -0.2) is 9.55 Å². The fraction of sp³-hybridized carbons (Fsp3) is 0.176. The molecule has 2 nitrogen and oxygen atoms in total. The number of rotatable bonds is 3. The van der Waals surface area contributed by atoms with Crippen LogP contribution in [0.1, 0.15) is 16.1 Å². The van der Waals surface area contributed by atoms with Crippen LogP contribution in [0, 0.1) is 0 Å². The van der Waals surface area contributed by atoms with Gasteiger partial charge in [0.25, 0.3) is 0 Å². The van der Waals surface area contributed by atoms with E-state index >= 15 is 0 Å². The van der Waals surface area contributed by atoms with Crippen molar-refractivity contribution >= 4 is 11.3 Å². The van der Waals surface area contributed by atoms with E-state index in [0.717, 1.165) is 22.3 Å². The van der Waals surface area contributed by atoms with Crippen molar-refractivity contribution in [1.29, 1.82) is 0 Å². The van der Waals surface area contributed by atoms with E-state index < -0.39 is 11.7 Å².